The van der Waals surface area contributed by atoms with Gasteiger partial charge in [-0.3, -0.25) is 0 Å². The van der Waals surface area contributed by atoms with Crippen molar-refractivity contribution in [1.82, 2.24) is 14.8 Å². The molecule has 0 saturated heterocycles. The zero-order valence-corrected chi connectivity index (χ0v) is 15.6. The molecule has 0 N–H and O–H groups in total. The van der Waals surface area contributed by atoms with Crippen molar-refractivity contribution in [2.45, 2.75) is 10.9 Å². The fraction of sp³-hybridized carbons (Fsp3) is 0.176. The molecule has 3 aromatic rings. The molecule has 0 aliphatic carbocycles. The Hall–Kier alpha value is -1.86. The number of rotatable bonds is 5. The summed E-state index contributed by atoms with van der Waals surface area (Å²) in [6.07, 6.45) is 0. The van der Waals surface area contributed by atoms with E-state index in [0.717, 1.165) is 32.3 Å². The van der Waals surface area contributed by atoms with Crippen molar-refractivity contribution in [2.75, 3.05) is 7.11 Å². The fourth-order valence-corrected chi connectivity index (χ4v) is 3.80. The summed E-state index contributed by atoms with van der Waals surface area (Å²) in [4.78, 5) is 0. The normalized spacial score (nSPS) is 10.8. The number of ether oxygens (including phenoxy) is 1. The van der Waals surface area contributed by atoms with E-state index < -0.39 is 0 Å². The molecular formula is C17H15BrFN3OS. The van der Waals surface area contributed by atoms with Gasteiger partial charge >= 0.3 is 0 Å². The van der Waals surface area contributed by atoms with Gasteiger partial charge in [0.1, 0.15) is 11.6 Å². The van der Waals surface area contributed by atoms with Crippen LogP contribution in [-0.2, 0) is 12.8 Å². The number of hydrogen-bond donors (Lipinski definition) is 0. The summed E-state index contributed by atoms with van der Waals surface area (Å²) in [5.41, 5.74) is 1.98. The second-order valence-electron chi connectivity index (χ2n) is 5.12. The molecule has 0 spiro atoms. The largest absolute Gasteiger partial charge is 0.497 e. The van der Waals surface area contributed by atoms with E-state index in [-0.39, 0.29) is 5.82 Å². The van der Waals surface area contributed by atoms with Gasteiger partial charge in [0.15, 0.2) is 11.0 Å². The minimum absolute atomic E-state index is 0.254. The van der Waals surface area contributed by atoms with E-state index in [1.807, 2.05) is 35.9 Å². The van der Waals surface area contributed by atoms with Crippen LogP contribution in [0.25, 0.3) is 11.4 Å². The number of benzene rings is 2. The quantitative estimate of drug-likeness (QED) is 0.575. The molecule has 7 heteroatoms. The van der Waals surface area contributed by atoms with Crippen molar-refractivity contribution in [3.63, 3.8) is 0 Å². The Morgan fingerprint density at radius 1 is 1.17 bits per heavy atom. The molecule has 0 amide bonds. The van der Waals surface area contributed by atoms with Crippen LogP contribution in [0.2, 0.25) is 0 Å². The van der Waals surface area contributed by atoms with Crippen LogP contribution in [-0.4, -0.2) is 21.9 Å². The maximum Gasteiger partial charge on any atom is 0.191 e. The van der Waals surface area contributed by atoms with Crippen molar-refractivity contribution in [1.29, 1.82) is 0 Å². The van der Waals surface area contributed by atoms with Gasteiger partial charge in [-0.1, -0.05) is 33.8 Å². The third-order valence-electron chi connectivity index (χ3n) is 3.56. The zero-order chi connectivity index (χ0) is 17.1. The average molecular weight is 408 g/mol. The third kappa shape index (κ3) is 3.62. The molecule has 1 aromatic heterocycles. The highest BCUT2D eigenvalue weighted by Crippen LogP contribution is 2.29. The summed E-state index contributed by atoms with van der Waals surface area (Å²) in [6.45, 7) is 0. The number of aromatic nitrogens is 3. The van der Waals surface area contributed by atoms with E-state index in [1.54, 1.807) is 24.9 Å². The maximum absolute atomic E-state index is 13.1. The lowest BCUT2D eigenvalue weighted by molar-refractivity contribution is 0.415. The molecule has 0 saturated carbocycles. The lowest BCUT2D eigenvalue weighted by atomic mass is 10.2. The van der Waals surface area contributed by atoms with Gasteiger partial charge in [0.2, 0.25) is 0 Å². The molecule has 0 atom stereocenters. The van der Waals surface area contributed by atoms with E-state index in [2.05, 4.69) is 26.1 Å². The fourth-order valence-electron chi connectivity index (χ4n) is 2.21. The van der Waals surface area contributed by atoms with E-state index in [0.29, 0.717) is 5.75 Å². The molecule has 1 heterocycles. The van der Waals surface area contributed by atoms with Gasteiger partial charge < -0.3 is 9.30 Å². The van der Waals surface area contributed by atoms with E-state index in [1.165, 1.54) is 12.1 Å². The average Bonchev–Trinajstić information content (AvgIpc) is 2.95. The Morgan fingerprint density at radius 2 is 1.92 bits per heavy atom. The molecule has 0 bridgehead atoms. The molecule has 4 nitrogen and oxygen atoms in total. The highest BCUT2D eigenvalue weighted by molar-refractivity contribution is 9.10. The predicted molar refractivity (Wildman–Crippen MR) is 96.7 cm³/mol. The molecule has 0 radical (unpaired) electrons. The molecule has 2 aromatic carbocycles. The van der Waals surface area contributed by atoms with E-state index in [4.69, 9.17) is 4.74 Å². The number of hydrogen-bond acceptors (Lipinski definition) is 4. The van der Waals surface area contributed by atoms with Crippen LogP contribution in [0.4, 0.5) is 4.39 Å². The summed E-state index contributed by atoms with van der Waals surface area (Å²) in [7, 11) is 3.57. The molecular weight excluding hydrogens is 393 g/mol. The Morgan fingerprint density at radius 3 is 2.58 bits per heavy atom. The monoisotopic (exact) mass is 407 g/mol. The zero-order valence-electron chi connectivity index (χ0n) is 13.2. The smallest absolute Gasteiger partial charge is 0.191 e. The van der Waals surface area contributed by atoms with Crippen LogP contribution >= 0.6 is 27.7 Å². The van der Waals surface area contributed by atoms with Gasteiger partial charge in [-0.25, -0.2) is 4.39 Å². The standard InChI is InChI=1S/C17H15BrFN3OS/c1-22-16(11-4-7-14(23-2)8-5-11)20-21-17(22)24-10-12-3-6-13(19)9-15(12)18/h3-9H,10H2,1-2H3. The molecule has 0 aliphatic rings. The number of methoxy groups -OCH3 is 1. The minimum Gasteiger partial charge on any atom is -0.497 e. The summed E-state index contributed by atoms with van der Waals surface area (Å²) in [6, 6.07) is 12.4. The van der Waals surface area contributed by atoms with Crippen molar-refractivity contribution >= 4 is 27.7 Å². The Labute approximate surface area is 152 Å². The third-order valence-corrected chi connectivity index (χ3v) is 5.36. The Bertz CT molecular complexity index is 852. The Balaban J connectivity index is 1.77. The molecule has 24 heavy (non-hydrogen) atoms. The summed E-state index contributed by atoms with van der Waals surface area (Å²) >= 11 is 4.94. The first-order chi connectivity index (χ1) is 11.6. The van der Waals surface area contributed by atoms with Gasteiger partial charge in [0, 0.05) is 22.8 Å². The van der Waals surface area contributed by atoms with Crippen molar-refractivity contribution < 1.29 is 9.13 Å². The van der Waals surface area contributed by atoms with Crippen molar-refractivity contribution in [3.05, 3.63) is 58.3 Å². The topological polar surface area (TPSA) is 39.9 Å². The number of halogens is 2. The predicted octanol–water partition coefficient (Wildman–Crippen LogP) is 4.68. The Kier molecular flexibility index (Phi) is 5.20. The molecule has 3 rings (SSSR count). The van der Waals surface area contributed by atoms with Gasteiger partial charge in [-0.15, -0.1) is 10.2 Å². The van der Waals surface area contributed by atoms with Crippen LogP contribution in [0.3, 0.4) is 0 Å². The van der Waals surface area contributed by atoms with Crippen LogP contribution in [0.5, 0.6) is 5.75 Å². The first kappa shape index (κ1) is 17.0. The van der Waals surface area contributed by atoms with Crippen LogP contribution in [0.15, 0.2) is 52.1 Å². The summed E-state index contributed by atoms with van der Waals surface area (Å²) in [5, 5.41) is 9.32. The van der Waals surface area contributed by atoms with Gasteiger partial charge in [0.05, 0.1) is 7.11 Å². The lowest BCUT2D eigenvalue weighted by Gasteiger charge is -2.06. The molecule has 124 valence electrons. The van der Waals surface area contributed by atoms with Crippen molar-refractivity contribution in [2.24, 2.45) is 7.05 Å². The minimum atomic E-state index is -0.254. The molecule has 0 fully saturated rings. The van der Waals surface area contributed by atoms with E-state index >= 15 is 0 Å². The maximum atomic E-state index is 13.1. The molecule has 0 aliphatic heterocycles. The summed E-state index contributed by atoms with van der Waals surface area (Å²) in [5.74, 6) is 2.02. The van der Waals surface area contributed by atoms with Gasteiger partial charge in [-0.05, 0) is 42.0 Å². The summed E-state index contributed by atoms with van der Waals surface area (Å²) < 4.78 is 21.0. The van der Waals surface area contributed by atoms with E-state index in [9.17, 15) is 4.39 Å². The highest BCUT2D eigenvalue weighted by Gasteiger charge is 2.12. The second-order valence-corrected chi connectivity index (χ2v) is 6.91. The van der Waals surface area contributed by atoms with Crippen LogP contribution in [0.1, 0.15) is 5.56 Å². The number of thioether (sulfide) groups is 1. The van der Waals surface area contributed by atoms with Gasteiger partial charge in [-0.2, -0.15) is 0 Å². The molecule has 0 unspecified atom stereocenters. The van der Waals surface area contributed by atoms with Crippen LogP contribution in [0, 0.1) is 5.82 Å². The first-order valence-electron chi connectivity index (χ1n) is 7.19. The second kappa shape index (κ2) is 7.36. The lowest BCUT2D eigenvalue weighted by Crippen LogP contribution is -1.95. The van der Waals surface area contributed by atoms with Gasteiger partial charge in [0.25, 0.3) is 0 Å². The number of nitrogens with zero attached hydrogens (tertiary/aromatic N) is 3. The van der Waals surface area contributed by atoms with Crippen LogP contribution < -0.4 is 4.74 Å². The van der Waals surface area contributed by atoms with Crippen molar-refractivity contribution in [3.8, 4) is 17.1 Å². The highest BCUT2D eigenvalue weighted by atomic mass is 79.9. The SMILES string of the molecule is COc1ccc(-c2nnc(SCc3ccc(F)cc3Br)n2C)cc1. The first-order valence-corrected chi connectivity index (χ1v) is 8.97.